The van der Waals surface area contributed by atoms with E-state index in [0.29, 0.717) is 23.5 Å². The lowest BCUT2D eigenvalue weighted by Gasteiger charge is -2.18. The van der Waals surface area contributed by atoms with Gasteiger partial charge in [0.05, 0.1) is 7.11 Å². The van der Waals surface area contributed by atoms with E-state index in [9.17, 15) is 14.3 Å². The van der Waals surface area contributed by atoms with Crippen LogP contribution < -0.4 is 14.8 Å². The predicted octanol–water partition coefficient (Wildman–Crippen LogP) is 4.68. The number of ether oxygens (including phenoxy) is 2. The fourth-order valence-corrected chi connectivity index (χ4v) is 3.79. The maximum Gasteiger partial charge on any atom is 0.321 e. The zero-order valence-electron chi connectivity index (χ0n) is 18.2. The minimum atomic E-state index is -0.947. The van der Waals surface area contributed by atoms with E-state index < -0.39 is 12.0 Å². The summed E-state index contributed by atoms with van der Waals surface area (Å²) in [5, 5.41) is 13.9. The van der Waals surface area contributed by atoms with E-state index in [-0.39, 0.29) is 19.0 Å². The highest BCUT2D eigenvalue weighted by Gasteiger charge is 2.21. The van der Waals surface area contributed by atoms with Crippen LogP contribution in [0, 0.1) is 5.82 Å². The molecule has 1 aromatic heterocycles. The molecule has 0 aliphatic rings. The van der Waals surface area contributed by atoms with E-state index in [2.05, 4.69) is 10.3 Å². The average molecular weight is 448 g/mol. The first-order chi connectivity index (χ1) is 16.1. The molecule has 7 heteroatoms. The molecule has 0 radical (unpaired) electrons. The SMILES string of the molecule is COc1cccc(CN[C@@H](Cc2c[nH]c3ccccc23)C(=O)O)c1OCc1ccccc1F. The Labute approximate surface area is 191 Å². The summed E-state index contributed by atoms with van der Waals surface area (Å²) in [5.41, 5.74) is 3.03. The first kappa shape index (κ1) is 22.4. The summed E-state index contributed by atoms with van der Waals surface area (Å²) in [5.74, 6) is -0.352. The number of aromatic amines is 1. The topological polar surface area (TPSA) is 83.6 Å². The largest absolute Gasteiger partial charge is 0.493 e. The number of benzene rings is 3. The molecular weight excluding hydrogens is 423 g/mol. The maximum atomic E-state index is 14.0. The molecule has 33 heavy (non-hydrogen) atoms. The Morgan fingerprint density at radius 1 is 1.03 bits per heavy atom. The Balaban J connectivity index is 1.51. The van der Waals surface area contributed by atoms with Crippen molar-refractivity contribution in [3.63, 3.8) is 0 Å². The zero-order chi connectivity index (χ0) is 23.2. The second-order valence-corrected chi connectivity index (χ2v) is 7.66. The Bertz CT molecular complexity index is 1250. The summed E-state index contributed by atoms with van der Waals surface area (Å²) in [6.07, 6.45) is 2.16. The van der Waals surface area contributed by atoms with Crippen LogP contribution in [0.2, 0.25) is 0 Å². The predicted molar refractivity (Wildman–Crippen MR) is 124 cm³/mol. The molecule has 3 N–H and O–H groups in total. The number of hydrogen-bond donors (Lipinski definition) is 3. The van der Waals surface area contributed by atoms with Crippen LogP contribution in [0.3, 0.4) is 0 Å². The molecule has 3 aromatic carbocycles. The molecule has 0 spiro atoms. The normalized spacial score (nSPS) is 11.9. The van der Waals surface area contributed by atoms with E-state index in [0.717, 1.165) is 22.0 Å². The van der Waals surface area contributed by atoms with E-state index in [1.807, 2.05) is 36.5 Å². The van der Waals surface area contributed by atoms with Crippen molar-refractivity contribution in [3.8, 4) is 11.5 Å². The number of carboxylic acid groups (broad SMARTS) is 1. The maximum absolute atomic E-state index is 14.0. The Kier molecular flexibility index (Phi) is 6.90. The van der Waals surface area contributed by atoms with E-state index in [4.69, 9.17) is 9.47 Å². The minimum Gasteiger partial charge on any atom is -0.493 e. The molecule has 1 atom stereocenters. The van der Waals surface area contributed by atoms with Crippen molar-refractivity contribution in [2.75, 3.05) is 7.11 Å². The summed E-state index contributed by atoms with van der Waals surface area (Å²) >= 11 is 0. The summed E-state index contributed by atoms with van der Waals surface area (Å²) in [6, 6.07) is 18.8. The van der Waals surface area contributed by atoms with Crippen molar-refractivity contribution in [1.82, 2.24) is 10.3 Å². The second kappa shape index (κ2) is 10.2. The standard InChI is InChI=1S/C26H25FN2O4/c1-32-24-12-6-8-17(25(24)33-16-18-7-2-4-10-21(18)27)14-29-23(26(30)31)13-19-15-28-22-11-5-3-9-20(19)22/h2-12,15,23,28-29H,13-14,16H2,1H3,(H,30,31)/t23-/m0/s1. The van der Waals surface area contributed by atoms with Gasteiger partial charge >= 0.3 is 5.97 Å². The molecule has 0 saturated carbocycles. The fraction of sp³-hybridized carbons (Fsp3) is 0.192. The van der Waals surface area contributed by atoms with Crippen molar-refractivity contribution in [2.24, 2.45) is 0 Å². The van der Waals surface area contributed by atoms with E-state index >= 15 is 0 Å². The Morgan fingerprint density at radius 3 is 2.58 bits per heavy atom. The highest BCUT2D eigenvalue weighted by atomic mass is 19.1. The Morgan fingerprint density at radius 2 is 1.79 bits per heavy atom. The fourth-order valence-electron chi connectivity index (χ4n) is 3.79. The molecule has 0 bridgehead atoms. The Hall–Kier alpha value is -3.84. The average Bonchev–Trinajstić information content (AvgIpc) is 3.24. The van der Waals surface area contributed by atoms with Crippen LogP contribution in [0.15, 0.2) is 72.9 Å². The number of hydrogen-bond acceptors (Lipinski definition) is 4. The molecule has 6 nitrogen and oxygen atoms in total. The van der Waals surface area contributed by atoms with Crippen molar-refractivity contribution >= 4 is 16.9 Å². The van der Waals surface area contributed by atoms with Crippen LogP contribution in [-0.4, -0.2) is 29.2 Å². The van der Waals surface area contributed by atoms with Crippen LogP contribution in [-0.2, 0) is 24.4 Å². The van der Waals surface area contributed by atoms with Gasteiger partial charge in [0, 0.05) is 41.2 Å². The van der Waals surface area contributed by atoms with Crippen molar-refractivity contribution in [2.45, 2.75) is 25.6 Å². The van der Waals surface area contributed by atoms with Gasteiger partial charge in [-0.1, -0.05) is 48.5 Å². The number of carbonyl (C=O) groups is 1. The first-order valence-electron chi connectivity index (χ1n) is 10.6. The van der Waals surface area contributed by atoms with Gasteiger partial charge in [0.1, 0.15) is 18.5 Å². The molecule has 0 unspecified atom stereocenters. The minimum absolute atomic E-state index is 0.0255. The van der Waals surface area contributed by atoms with Gasteiger partial charge in [-0.25, -0.2) is 4.39 Å². The lowest BCUT2D eigenvalue weighted by Crippen LogP contribution is -2.38. The smallest absolute Gasteiger partial charge is 0.321 e. The number of nitrogens with one attached hydrogen (secondary N) is 2. The van der Waals surface area contributed by atoms with Crippen molar-refractivity contribution in [1.29, 1.82) is 0 Å². The third-order valence-electron chi connectivity index (χ3n) is 5.55. The number of aliphatic carboxylic acids is 1. The van der Waals surface area contributed by atoms with Crippen molar-refractivity contribution in [3.05, 3.63) is 95.4 Å². The summed E-state index contributed by atoms with van der Waals surface area (Å²) in [4.78, 5) is 15.1. The van der Waals surface area contributed by atoms with Gasteiger partial charge < -0.3 is 19.6 Å². The number of fused-ring (bicyclic) bond motifs is 1. The van der Waals surface area contributed by atoms with Gasteiger partial charge in [0.25, 0.3) is 0 Å². The van der Waals surface area contributed by atoms with Gasteiger partial charge in [0.2, 0.25) is 0 Å². The van der Waals surface area contributed by atoms with Gasteiger partial charge in [-0.15, -0.1) is 0 Å². The van der Waals surface area contributed by atoms with Gasteiger partial charge in [-0.2, -0.15) is 0 Å². The number of halogens is 1. The molecule has 0 aliphatic heterocycles. The highest BCUT2D eigenvalue weighted by molar-refractivity contribution is 5.84. The monoisotopic (exact) mass is 448 g/mol. The lowest BCUT2D eigenvalue weighted by atomic mass is 10.0. The molecule has 0 aliphatic carbocycles. The number of rotatable bonds is 10. The van der Waals surface area contributed by atoms with Gasteiger partial charge in [0.15, 0.2) is 11.5 Å². The molecular formula is C26H25FN2O4. The van der Waals surface area contributed by atoms with Crippen LogP contribution in [0.1, 0.15) is 16.7 Å². The molecule has 0 saturated heterocycles. The highest BCUT2D eigenvalue weighted by Crippen LogP contribution is 2.32. The van der Waals surface area contributed by atoms with Crippen molar-refractivity contribution < 1.29 is 23.8 Å². The third kappa shape index (κ3) is 5.15. The zero-order valence-corrected chi connectivity index (χ0v) is 18.2. The molecule has 0 fully saturated rings. The number of carboxylic acids is 1. The quantitative estimate of drug-likeness (QED) is 0.328. The molecule has 170 valence electrons. The van der Waals surface area contributed by atoms with Gasteiger partial charge in [-0.05, 0) is 23.8 Å². The summed E-state index contributed by atoms with van der Waals surface area (Å²) in [7, 11) is 1.53. The van der Waals surface area contributed by atoms with Crippen LogP contribution in [0.4, 0.5) is 4.39 Å². The van der Waals surface area contributed by atoms with Gasteiger partial charge in [-0.3, -0.25) is 10.1 Å². The summed E-state index contributed by atoms with van der Waals surface area (Å²) in [6.45, 7) is 0.265. The van der Waals surface area contributed by atoms with Crippen LogP contribution in [0.5, 0.6) is 11.5 Å². The van der Waals surface area contributed by atoms with Crippen LogP contribution >= 0.6 is 0 Å². The molecule has 0 amide bonds. The number of aromatic nitrogens is 1. The lowest BCUT2D eigenvalue weighted by molar-refractivity contribution is -0.139. The number of para-hydroxylation sites is 2. The van der Waals surface area contributed by atoms with Crippen LogP contribution in [0.25, 0.3) is 10.9 Å². The summed E-state index contributed by atoms with van der Waals surface area (Å²) < 4.78 is 25.4. The third-order valence-corrected chi connectivity index (χ3v) is 5.55. The molecule has 4 aromatic rings. The van der Waals surface area contributed by atoms with E-state index in [1.165, 1.54) is 13.2 Å². The first-order valence-corrected chi connectivity index (χ1v) is 10.6. The molecule has 1 heterocycles. The number of H-pyrrole nitrogens is 1. The van der Waals surface area contributed by atoms with E-state index in [1.54, 1.807) is 30.3 Å². The number of methoxy groups -OCH3 is 1. The molecule has 4 rings (SSSR count). The second-order valence-electron chi connectivity index (χ2n) is 7.66.